The lowest BCUT2D eigenvalue weighted by Gasteiger charge is -2.15. The van der Waals surface area contributed by atoms with E-state index in [2.05, 4.69) is 5.32 Å². The van der Waals surface area contributed by atoms with E-state index in [0.717, 1.165) is 5.56 Å². The molecule has 0 aromatic heterocycles. The SMILES string of the molecule is CCOc1cc(/C=C(\C#N)C(=O)NCCOC)cc(Cl)c1OCc1ccc(Cl)cc1. The number of benzene rings is 2. The van der Waals surface area contributed by atoms with E-state index in [1.54, 1.807) is 24.3 Å². The van der Waals surface area contributed by atoms with E-state index in [0.29, 0.717) is 46.9 Å². The third-order valence-corrected chi connectivity index (χ3v) is 4.43. The van der Waals surface area contributed by atoms with E-state index >= 15 is 0 Å². The summed E-state index contributed by atoms with van der Waals surface area (Å²) in [5.74, 6) is 0.308. The topological polar surface area (TPSA) is 80.6 Å². The second kappa shape index (κ2) is 12.1. The summed E-state index contributed by atoms with van der Waals surface area (Å²) in [6, 6.07) is 12.5. The van der Waals surface area contributed by atoms with Crippen molar-refractivity contribution in [3.63, 3.8) is 0 Å². The Morgan fingerprint density at radius 1 is 1.20 bits per heavy atom. The Bertz CT molecular complexity index is 937. The van der Waals surface area contributed by atoms with Crippen molar-refractivity contribution < 1.29 is 19.0 Å². The normalized spacial score (nSPS) is 11.0. The number of carbonyl (C=O) groups is 1. The van der Waals surface area contributed by atoms with Crippen molar-refractivity contribution in [3.05, 3.63) is 63.1 Å². The summed E-state index contributed by atoms with van der Waals surface area (Å²) < 4.78 is 16.4. The summed E-state index contributed by atoms with van der Waals surface area (Å²) >= 11 is 12.3. The average molecular weight is 449 g/mol. The zero-order valence-electron chi connectivity index (χ0n) is 16.7. The lowest BCUT2D eigenvalue weighted by atomic mass is 10.1. The third-order valence-electron chi connectivity index (χ3n) is 3.90. The van der Waals surface area contributed by atoms with Gasteiger partial charge in [0, 0.05) is 18.7 Å². The Morgan fingerprint density at radius 3 is 2.57 bits per heavy atom. The van der Waals surface area contributed by atoms with Gasteiger partial charge >= 0.3 is 0 Å². The van der Waals surface area contributed by atoms with Crippen LogP contribution in [0.15, 0.2) is 42.0 Å². The van der Waals surface area contributed by atoms with Gasteiger partial charge in [0.15, 0.2) is 11.5 Å². The molecule has 0 atom stereocenters. The maximum absolute atomic E-state index is 12.1. The summed E-state index contributed by atoms with van der Waals surface area (Å²) in [6.45, 7) is 3.16. The third kappa shape index (κ3) is 6.96. The highest BCUT2D eigenvalue weighted by molar-refractivity contribution is 6.32. The molecule has 0 aliphatic carbocycles. The van der Waals surface area contributed by atoms with Crippen LogP contribution in [0.4, 0.5) is 0 Å². The fourth-order valence-electron chi connectivity index (χ4n) is 2.49. The van der Waals surface area contributed by atoms with Gasteiger partial charge in [0.2, 0.25) is 0 Å². The van der Waals surface area contributed by atoms with E-state index in [1.165, 1.54) is 13.2 Å². The number of rotatable bonds is 10. The molecule has 0 spiro atoms. The number of nitrogens with zero attached hydrogens (tertiary/aromatic N) is 1. The molecule has 0 heterocycles. The zero-order chi connectivity index (χ0) is 21.9. The monoisotopic (exact) mass is 448 g/mol. The highest BCUT2D eigenvalue weighted by Gasteiger charge is 2.14. The molecule has 0 saturated heterocycles. The number of nitriles is 1. The minimum absolute atomic E-state index is 0.0561. The Balaban J connectivity index is 2.24. The molecule has 2 rings (SSSR count). The molecule has 0 aliphatic heterocycles. The maximum atomic E-state index is 12.1. The van der Waals surface area contributed by atoms with Gasteiger partial charge in [-0.15, -0.1) is 0 Å². The van der Waals surface area contributed by atoms with Crippen molar-refractivity contribution in [2.75, 3.05) is 26.9 Å². The van der Waals surface area contributed by atoms with Gasteiger partial charge in [0.1, 0.15) is 18.2 Å². The number of hydrogen-bond acceptors (Lipinski definition) is 5. The maximum Gasteiger partial charge on any atom is 0.262 e. The summed E-state index contributed by atoms with van der Waals surface area (Å²) in [6.07, 6.45) is 1.44. The Kier molecular flexibility index (Phi) is 9.49. The summed E-state index contributed by atoms with van der Waals surface area (Å²) in [4.78, 5) is 12.1. The van der Waals surface area contributed by atoms with Crippen LogP contribution < -0.4 is 14.8 Å². The van der Waals surface area contributed by atoms with Crippen LogP contribution in [0.25, 0.3) is 6.08 Å². The Hall–Kier alpha value is -2.72. The highest BCUT2D eigenvalue weighted by Crippen LogP contribution is 2.38. The Labute approximate surface area is 185 Å². The van der Waals surface area contributed by atoms with Crippen molar-refractivity contribution in [2.24, 2.45) is 0 Å². The fraction of sp³-hybridized carbons (Fsp3) is 0.273. The molecule has 2 aromatic rings. The molecule has 0 unspecified atom stereocenters. The standard InChI is InChI=1S/C22H22Cl2N2O4/c1-3-29-20-12-16(10-17(13-25)22(27)26-8-9-28-2)11-19(24)21(20)30-14-15-4-6-18(23)7-5-15/h4-7,10-12H,3,8-9,14H2,1-2H3,(H,26,27)/b17-10+. The van der Waals surface area contributed by atoms with E-state index in [1.807, 2.05) is 25.1 Å². The van der Waals surface area contributed by atoms with Crippen LogP contribution in [-0.2, 0) is 16.1 Å². The van der Waals surface area contributed by atoms with Crippen LogP contribution >= 0.6 is 23.2 Å². The van der Waals surface area contributed by atoms with Crippen molar-refractivity contribution >= 4 is 35.2 Å². The summed E-state index contributed by atoms with van der Waals surface area (Å²) in [7, 11) is 1.53. The number of hydrogen-bond donors (Lipinski definition) is 1. The molecule has 0 bridgehead atoms. The number of nitrogens with one attached hydrogen (secondary N) is 1. The Morgan fingerprint density at radius 2 is 1.93 bits per heavy atom. The largest absolute Gasteiger partial charge is 0.490 e. The van der Waals surface area contributed by atoms with Gasteiger partial charge in [0.05, 0.1) is 18.2 Å². The average Bonchev–Trinajstić information content (AvgIpc) is 2.73. The van der Waals surface area contributed by atoms with E-state index < -0.39 is 5.91 Å². The fourth-order valence-corrected chi connectivity index (χ4v) is 2.89. The first-order chi connectivity index (χ1) is 14.5. The molecule has 30 heavy (non-hydrogen) atoms. The number of halogens is 2. The molecule has 1 amide bonds. The number of methoxy groups -OCH3 is 1. The molecule has 0 aliphatic rings. The molecule has 8 heteroatoms. The molecule has 0 fully saturated rings. The van der Waals surface area contributed by atoms with Gasteiger partial charge in [-0.25, -0.2) is 0 Å². The molecule has 1 N–H and O–H groups in total. The van der Waals surface area contributed by atoms with Crippen molar-refractivity contribution in [3.8, 4) is 17.6 Å². The molecule has 0 radical (unpaired) electrons. The predicted molar refractivity (Wildman–Crippen MR) is 117 cm³/mol. The van der Waals surface area contributed by atoms with Crippen LogP contribution in [0.2, 0.25) is 10.0 Å². The van der Waals surface area contributed by atoms with Crippen LogP contribution in [0, 0.1) is 11.3 Å². The molecular weight excluding hydrogens is 427 g/mol. The first kappa shape index (κ1) is 23.6. The lowest BCUT2D eigenvalue weighted by molar-refractivity contribution is -0.117. The van der Waals surface area contributed by atoms with Crippen LogP contribution in [0.5, 0.6) is 11.5 Å². The van der Waals surface area contributed by atoms with Crippen molar-refractivity contribution in [2.45, 2.75) is 13.5 Å². The van der Waals surface area contributed by atoms with Crippen molar-refractivity contribution in [1.82, 2.24) is 5.32 Å². The molecule has 2 aromatic carbocycles. The van der Waals surface area contributed by atoms with Crippen molar-refractivity contribution in [1.29, 1.82) is 5.26 Å². The van der Waals surface area contributed by atoms with Crippen LogP contribution in [0.1, 0.15) is 18.1 Å². The molecule has 6 nitrogen and oxygen atoms in total. The summed E-state index contributed by atoms with van der Waals surface area (Å²) in [5.41, 5.74) is 1.40. The first-order valence-corrected chi connectivity index (χ1v) is 9.96. The molecule has 158 valence electrons. The smallest absolute Gasteiger partial charge is 0.262 e. The van der Waals surface area contributed by atoms with E-state index in [-0.39, 0.29) is 12.2 Å². The zero-order valence-corrected chi connectivity index (χ0v) is 18.2. The van der Waals surface area contributed by atoms with Gasteiger partial charge < -0.3 is 19.5 Å². The molecule has 0 saturated carbocycles. The van der Waals surface area contributed by atoms with Crippen LogP contribution in [0.3, 0.4) is 0 Å². The number of ether oxygens (including phenoxy) is 3. The van der Waals surface area contributed by atoms with Crippen LogP contribution in [-0.4, -0.2) is 32.8 Å². The molecular formula is C22H22Cl2N2O4. The van der Waals surface area contributed by atoms with Gasteiger partial charge in [-0.1, -0.05) is 35.3 Å². The quantitative estimate of drug-likeness (QED) is 0.325. The van der Waals surface area contributed by atoms with Gasteiger partial charge in [-0.3, -0.25) is 4.79 Å². The van der Waals surface area contributed by atoms with Gasteiger partial charge in [-0.05, 0) is 48.4 Å². The highest BCUT2D eigenvalue weighted by atomic mass is 35.5. The minimum Gasteiger partial charge on any atom is -0.490 e. The van der Waals surface area contributed by atoms with Gasteiger partial charge in [0.25, 0.3) is 5.91 Å². The van der Waals surface area contributed by atoms with E-state index in [9.17, 15) is 10.1 Å². The number of amides is 1. The lowest BCUT2D eigenvalue weighted by Crippen LogP contribution is -2.27. The predicted octanol–water partition coefficient (Wildman–Crippen LogP) is 4.64. The second-order valence-electron chi connectivity index (χ2n) is 6.10. The first-order valence-electron chi connectivity index (χ1n) is 9.21. The number of carbonyl (C=O) groups excluding carboxylic acids is 1. The van der Waals surface area contributed by atoms with E-state index in [4.69, 9.17) is 37.4 Å². The minimum atomic E-state index is -0.494. The summed E-state index contributed by atoms with van der Waals surface area (Å²) in [5, 5.41) is 12.9. The van der Waals surface area contributed by atoms with Gasteiger partial charge in [-0.2, -0.15) is 5.26 Å². The second-order valence-corrected chi connectivity index (χ2v) is 6.94.